The Balaban J connectivity index is 1.64. The molecule has 5 heteroatoms. The summed E-state index contributed by atoms with van der Waals surface area (Å²) in [7, 11) is 0. The van der Waals surface area contributed by atoms with Crippen LogP contribution in [0.5, 0.6) is 0 Å². The first-order chi connectivity index (χ1) is 15.8. The summed E-state index contributed by atoms with van der Waals surface area (Å²) in [5.74, 6) is -0.629. The second-order valence-corrected chi connectivity index (χ2v) is 9.98. The zero-order valence-corrected chi connectivity index (χ0v) is 19.8. The number of carboxylic acids is 1. The van der Waals surface area contributed by atoms with Gasteiger partial charge >= 0.3 is 5.97 Å². The number of aliphatic carboxylic acids is 1. The van der Waals surface area contributed by atoms with Gasteiger partial charge in [0.05, 0.1) is 15.8 Å². The van der Waals surface area contributed by atoms with E-state index in [-0.39, 0.29) is 5.91 Å². The molecule has 0 spiro atoms. The van der Waals surface area contributed by atoms with E-state index in [1.165, 1.54) is 16.9 Å². The van der Waals surface area contributed by atoms with Crippen LogP contribution in [0.1, 0.15) is 53.1 Å². The summed E-state index contributed by atoms with van der Waals surface area (Å²) in [4.78, 5) is 26.0. The van der Waals surface area contributed by atoms with Crippen LogP contribution in [0.4, 0.5) is 5.69 Å². The van der Waals surface area contributed by atoms with Crippen LogP contribution < -0.4 is 5.32 Å². The number of carbonyl (C=O) groups is 2. The quantitative estimate of drug-likeness (QED) is 0.318. The summed E-state index contributed by atoms with van der Waals surface area (Å²) in [5, 5.41) is 14.1. The van der Waals surface area contributed by atoms with Crippen LogP contribution in [0.2, 0.25) is 0 Å². The van der Waals surface area contributed by atoms with Crippen molar-refractivity contribution in [1.29, 1.82) is 0 Å². The third-order valence-corrected chi connectivity index (χ3v) is 7.28. The molecule has 4 rings (SSSR count). The minimum Gasteiger partial charge on any atom is -0.481 e. The summed E-state index contributed by atoms with van der Waals surface area (Å²) < 4.78 is 0.944. The summed E-state index contributed by atoms with van der Waals surface area (Å²) in [6.45, 7) is 6.02. The predicted molar refractivity (Wildman–Crippen MR) is 135 cm³/mol. The zero-order chi connectivity index (χ0) is 23.6. The van der Waals surface area contributed by atoms with Crippen molar-refractivity contribution < 1.29 is 14.7 Å². The van der Waals surface area contributed by atoms with Crippen LogP contribution in [-0.2, 0) is 16.6 Å². The van der Waals surface area contributed by atoms with Crippen LogP contribution in [0.15, 0.2) is 78.9 Å². The number of nitrogens with one attached hydrogen (secondary N) is 1. The third kappa shape index (κ3) is 4.69. The summed E-state index contributed by atoms with van der Waals surface area (Å²) in [6, 6.07) is 24.8. The number of fused-ring (bicyclic) bond motifs is 1. The van der Waals surface area contributed by atoms with E-state index in [4.69, 9.17) is 0 Å². The van der Waals surface area contributed by atoms with Crippen molar-refractivity contribution in [1.82, 2.24) is 0 Å². The topological polar surface area (TPSA) is 66.4 Å². The van der Waals surface area contributed by atoms with Crippen LogP contribution in [-0.4, -0.2) is 17.0 Å². The van der Waals surface area contributed by atoms with Crippen LogP contribution in [0.3, 0.4) is 0 Å². The molecule has 0 saturated carbocycles. The fraction of sp³-hybridized carbons (Fsp3) is 0.214. The van der Waals surface area contributed by atoms with Gasteiger partial charge in [0.15, 0.2) is 0 Å². The smallest absolute Gasteiger partial charge is 0.314 e. The maximum Gasteiger partial charge on any atom is 0.314 e. The molecular formula is C28H27NO3S. The van der Waals surface area contributed by atoms with Crippen LogP contribution in [0, 0.1) is 0 Å². The third-order valence-electron chi connectivity index (χ3n) is 6.09. The van der Waals surface area contributed by atoms with Gasteiger partial charge in [-0.1, -0.05) is 68.4 Å². The molecule has 0 saturated heterocycles. The van der Waals surface area contributed by atoms with E-state index in [1.54, 1.807) is 19.1 Å². The van der Waals surface area contributed by atoms with Gasteiger partial charge in [-0.05, 0) is 53.6 Å². The number of carboxylic acid groups (broad SMARTS) is 1. The highest BCUT2D eigenvalue weighted by atomic mass is 32.1. The summed E-state index contributed by atoms with van der Waals surface area (Å²) in [6.07, 6.45) is 0.370. The minimum absolute atomic E-state index is 0.168. The normalized spacial score (nSPS) is 13.1. The number of carbonyl (C=O) groups excluding carboxylic acids is 1. The van der Waals surface area contributed by atoms with Crippen LogP contribution in [0.25, 0.3) is 10.1 Å². The second kappa shape index (κ2) is 9.20. The van der Waals surface area contributed by atoms with E-state index in [9.17, 15) is 14.7 Å². The van der Waals surface area contributed by atoms with Gasteiger partial charge in [-0.2, -0.15) is 0 Å². The molecule has 1 atom stereocenters. The molecular weight excluding hydrogens is 430 g/mol. The van der Waals surface area contributed by atoms with Crippen molar-refractivity contribution in [3.05, 3.63) is 100 Å². The molecule has 4 nitrogen and oxygen atoms in total. The van der Waals surface area contributed by atoms with Crippen molar-refractivity contribution >= 4 is 39.0 Å². The molecule has 1 aromatic heterocycles. The number of amides is 1. The van der Waals surface area contributed by atoms with E-state index in [0.29, 0.717) is 17.9 Å². The molecule has 4 aromatic rings. The van der Waals surface area contributed by atoms with Crippen molar-refractivity contribution in [2.45, 2.75) is 38.5 Å². The highest BCUT2D eigenvalue weighted by molar-refractivity contribution is 7.19. The Morgan fingerprint density at radius 3 is 2.30 bits per heavy atom. The molecule has 168 valence electrons. The van der Waals surface area contributed by atoms with Crippen molar-refractivity contribution in [3.63, 3.8) is 0 Å². The minimum atomic E-state index is -1.05. The van der Waals surface area contributed by atoms with E-state index in [1.807, 2.05) is 66.7 Å². The molecule has 0 aliphatic carbocycles. The van der Waals surface area contributed by atoms with Crippen molar-refractivity contribution in [2.75, 3.05) is 5.32 Å². The van der Waals surface area contributed by atoms with Crippen LogP contribution >= 0.6 is 11.3 Å². The maximum absolute atomic E-state index is 12.7. The van der Waals surface area contributed by atoms with E-state index >= 15 is 0 Å². The lowest BCUT2D eigenvalue weighted by molar-refractivity contribution is -0.143. The van der Waals surface area contributed by atoms with Gasteiger partial charge < -0.3 is 10.4 Å². The fourth-order valence-corrected chi connectivity index (χ4v) is 5.25. The first-order valence-electron chi connectivity index (χ1n) is 11.0. The molecule has 0 fully saturated rings. The Hall–Kier alpha value is -3.44. The zero-order valence-electron chi connectivity index (χ0n) is 19.0. The van der Waals surface area contributed by atoms with Gasteiger partial charge in [0.2, 0.25) is 0 Å². The van der Waals surface area contributed by atoms with Gasteiger partial charge in [-0.15, -0.1) is 11.3 Å². The lowest BCUT2D eigenvalue weighted by Crippen LogP contribution is -2.34. The van der Waals surface area contributed by atoms with E-state index in [0.717, 1.165) is 26.2 Å². The SMILES string of the molecule is CC(C)c1ccc(C(C)(Cc2cc3cccc(NC(=O)c4ccccc4)c3s2)C(=O)O)cc1. The number of rotatable bonds is 7. The number of anilines is 1. The molecule has 1 unspecified atom stereocenters. The molecule has 1 amide bonds. The Bertz CT molecular complexity index is 1290. The highest BCUT2D eigenvalue weighted by Crippen LogP contribution is 2.37. The Morgan fingerprint density at radius 1 is 0.970 bits per heavy atom. The predicted octanol–water partition coefficient (Wildman–Crippen LogP) is 6.86. The molecule has 0 bridgehead atoms. The van der Waals surface area contributed by atoms with Crippen molar-refractivity contribution in [3.8, 4) is 0 Å². The van der Waals surface area contributed by atoms with Gasteiger partial charge in [0.25, 0.3) is 5.91 Å². The molecule has 0 aliphatic heterocycles. The van der Waals surface area contributed by atoms with E-state index < -0.39 is 11.4 Å². The number of hydrogen-bond acceptors (Lipinski definition) is 3. The lowest BCUT2D eigenvalue weighted by atomic mass is 9.78. The average molecular weight is 458 g/mol. The lowest BCUT2D eigenvalue weighted by Gasteiger charge is -2.25. The first-order valence-corrected chi connectivity index (χ1v) is 11.8. The molecule has 2 N–H and O–H groups in total. The molecule has 0 aliphatic rings. The number of benzene rings is 3. The Labute approximate surface area is 197 Å². The monoisotopic (exact) mass is 457 g/mol. The van der Waals surface area contributed by atoms with Crippen molar-refractivity contribution in [2.24, 2.45) is 0 Å². The Kier molecular flexibility index (Phi) is 6.34. The number of thiophene rings is 1. The maximum atomic E-state index is 12.7. The standard InChI is InChI=1S/C28H27NO3S/c1-18(2)19-12-14-22(15-13-19)28(3,27(31)32)17-23-16-21-10-7-11-24(25(21)33-23)29-26(30)20-8-5-4-6-9-20/h4-16,18H,17H2,1-3H3,(H,29,30)(H,31,32). The van der Waals surface area contributed by atoms with Gasteiger partial charge in [0.1, 0.15) is 0 Å². The Morgan fingerprint density at radius 2 is 1.67 bits per heavy atom. The fourth-order valence-electron chi connectivity index (χ4n) is 3.97. The average Bonchev–Trinajstić information content (AvgIpc) is 3.22. The number of hydrogen-bond donors (Lipinski definition) is 2. The van der Waals surface area contributed by atoms with Gasteiger partial charge in [-0.3, -0.25) is 9.59 Å². The van der Waals surface area contributed by atoms with Gasteiger partial charge in [-0.25, -0.2) is 0 Å². The molecule has 1 heterocycles. The van der Waals surface area contributed by atoms with Gasteiger partial charge in [0, 0.05) is 16.9 Å². The second-order valence-electron chi connectivity index (χ2n) is 8.85. The summed E-state index contributed by atoms with van der Waals surface area (Å²) >= 11 is 1.53. The largest absolute Gasteiger partial charge is 0.481 e. The van der Waals surface area contributed by atoms with E-state index in [2.05, 4.69) is 19.2 Å². The molecule has 0 radical (unpaired) electrons. The molecule has 33 heavy (non-hydrogen) atoms. The highest BCUT2D eigenvalue weighted by Gasteiger charge is 2.36. The summed E-state index contributed by atoms with van der Waals surface area (Å²) in [5.41, 5.74) is 2.25. The first kappa shape index (κ1) is 22.7. The molecule has 3 aromatic carbocycles.